The third-order valence-electron chi connectivity index (χ3n) is 5.90. The Balaban J connectivity index is 1.60. The fourth-order valence-electron chi connectivity index (χ4n) is 4.29. The van der Waals surface area contributed by atoms with Gasteiger partial charge < -0.3 is 5.32 Å². The number of nitrogens with one attached hydrogen (secondary N) is 1. The summed E-state index contributed by atoms with van der Waals surface area (Å²) < 4.78 is 1.04. The second-order valence-electron chi connectivity index (χ2n) is 7.42. The van der Waals surface area contributed by atoms with E-state index in [-0.39, 0.29) is 24.2 Å². The zero-order valence-electron chi connectivity index (χ0n) is 15.0. The average Bonchev–Trinajstić information content (AvgIpc) is 3.08. The minimum absolute atomic E-state index is 0.0962. The maximum Gasteiger partial charge on any atom is 0.325 e. The fourth-order valence-corrected chi connectivity index (χ4v) is 5.43. The second-order valence-corrected chi connectivity index (χ2v) is 8.47. The normalized spacial score (nSPS) is 25.9. The lowest BCUT2D eigenvalue weighted by atomic mass is 9.73. The maximum absolute atomic E-state index is 13.0. The Morgan fingerprint density at radius 3 is 2.81 bits per heavy atom. The van der Waals surface area contributed by atoms with E-state index in [1.807, 2.05) is 38.1 Å². The highest BCUT2D eigenvalue weighted by molar-refractivity contribution is 7.21. The summed E-state index contributed by atoms with van der Waals surface area (Å²) in [5.41, 5.74) is 0.105. The molecule has 1 aromatic heterocycles. The van der Waals surface area contributed by atoms with E-state index >= 15 is 0 Å². The summed E-state index contributed by atoms with van der Waals surface area (Å²) in [6, 6.07) is 7.43. The van der Waals surface area contributed by atoms with Crippen molar-refractivity contribution in [2.75, 3.05) is 6.54 Å². The molecule has 2 aliphatic rings. The van der Waals surface area contributed by atoms with Gasteiger partial charge in [0.2, 0.25) is 0 Å². The van der Waals surface area contributed by atoms with Gasteiger partial charge in [0.25, 0.3) is 5.91 Å². The molecule has 136 valence electrons. The van der Waals surface area contributed by atoms with E-state index in [4.69, 9.17) is 0 Å². The van der Waals surface area contributed by atoms with Gasteiger partial charge >= 0.3 is 6.03 Å². The van der Waals surface area contributed by atoms with Gasteiger partial charge in [-0.25, -0.2) is 4.79 Å². The van der Waals surface area contributed by atoms with Crippen molar-refractivity contribution in [3.05, 3.63) is 34.7 Å². The number of carbonyl (C=O) groups excluding carboxylic acids is 3. The Kier molecular flexibility index (Phi) is 4.10. The molecule has 2 aromatic rings. The maximum atomic E-state index is 13.0. The van der Waals surface area contributed by atoms with Gasteiger partial charge in [-0.1, -0.05) is 38.0 Å². The number of amides is 3. The number of Topliss-reactive ketones (excluding diaryl/α,β-unsaturated/α-hetero) is 1. The van der Waals surface area contributed by atoms with E-state index in [0.717, 1.165) is 39.8 Å². The molecule has 1 aliphatic heterocycles. The van der Waals surface area contributed by atoms with Crippen LogP contribution in [0.2, 0.25) is 0 Å². The Morgan fingerprint density at radius 2 is 2.08 bits per heavy atom. The number of nitrogens with zero attached hydrogens (tertiary/aromatic N) is 1. The van der Waals surface area contributed by atoms with Gasteiger partial charge in [-0.2, -0.15) is 0 Å². The van der Waals surface area contributed by atoms with Gasteiger partial charge in [0.15, 0.2) is 5.78 Å². The molecule has 2 unspecified atom stereocenters. The number of fused-ring (bicyclic) bond motifs is 1. The minimum Gasteiger partial charge on any atom is -0.323 e. The van der Waals surface area contributed by atoms with Crippen LogP contribution in [0.4, 0.5) is 4.79 Å². The predicted octanol–water partition coefficient (Wildman–Crippen LogP) is 3.89. The van der Waals surface area contributed by atoms with Crippen LogP contribution in [-0.2, 0) is 4.79 Å². The number of benzene rings is 1. The molecule has 3 amide bonds. The molecule has 1 saturated heterocycles. The van der Waals surface area contributed by atoms with Crippen LogP contribution in [0.3, 0.4) is 0 Å². The number of aryl methyl sites for hydroxylation is 1. The molecule has 4 rings (SSSR count). The van der Waals surface area contributed by atoms with Crippen LogP contribution in [0.15, 0.2) is 24.3 Å². The number of hydrogen-bond acceptors (Lipinski definition) is 4. The molecule has 1 N–H and O–H groups in total. The van der Waals surface area contributed by atoms with Crippen molar-refractivity contribution >= 4 is 39.1 Å². The molecule has 1 spiro atoms. The zero-order chi connectivity index (χ0) is 18.5. The standard InChI is InChI=1S/C20H22N2O3S/c1-12-7-5-6-10-20(12)18(24)22(19(25)21-20)11-15(23)17-13(2)14-8-3-4-9-16(14)26-17/h3-4,8-9,12H,5-7,10-11H2,1-2H3,(H,21,25). The van der Waals surface area contributed by atoms with E-state index < -0.39 is 11.6 Å². The van der Waals surface area contributed by atoms with Gasteiger partial charge in [-0.15, -0.1) is 11.3 Å². The Bertz CT molecular complexity index is 919. The lowest BCUT2D eigenvalue weighted by Crippen LogP contribution is -2.54. The number of carbonyl (C=O) groups is 3. The highest BCUT2D eigenvalue weighted by Gasteiger charge is 2.55. The lowest BCUT2D eigenvalue weighted by Gasteiger charge is -2.36. The van der Waals surface area contributed by atoms with Crippen molar-refractivity contribution in [2.24, 2.45) is 5.92 Å². The summed E-state index contributed by atoms with van der Waals surface area (Å²) in [6.45, 7) is 3.74. The largest absolute Gasteiger partial charge is 0.325 e. The quantitative estimate of drug-likeness (QED) is 0.658. The SMILES string of the molecule is Cc1c(C(=O)CN2C(=O)NC3(CCCCC3C)C2=O)sc2ccccc12. The minimum atomic E-state index is -0.815. The van der Waals surface area contributed by atoms with Gasteiger partial charge in [0.05, 0.1) is 11.4 Å². The van der Waals surface area contributed by atoms with Crippen molar-refractivity contribution in [1.29, 1.82) is 0 Å². The van der Waals surface area contributed by atoms with Crippen LogP contribution >= 0.6 is 11.3 Å². The Hall–Kier alpha value is -2.21. The molecule has 6 heteroatoms. The molecule has 0 bridgehead atoms. The first-order valence-corrected chi connectivity index (χ1v) is 9.91. The first-order chi connectivity index (χ1) is 12.4. The van der Waals surface area contributed by atoms with Crippen molar-refractivity contribution in [2.45, 2.75) is 45.1 Å². The van der Waals surface area contributed by atoms with Crippen LogP contribution in [-0.4, -0.2) is 34.7 Å². The molecule has 26 heavy (non-hydrogen) atoms. The molecule has 1 aliphatic carbocycles. The first kappa shape index (κ1) is 17.2. The molecule has 2 atom stereocenters. The van der Waals surface area contributed by atoms with Gasteiger partial charge in [0.1, 0.15) is 5.54 Å². The molecule has 0 radical (unpaired) electrons. The number of ketones is 1. The topological polar surface area (TPSA) is 66.5 Å². The van der Waals surface area contributed by atoms with Gasteiger partial charge in [0, 0.05) is 4.70 Å². The summed E-state index contributed by atoms with van der Waals surface area (Å²) in [5.74, 6) is -0.312. The molecular weight excluding hydrogens is 348 g/mol. The number of urea groups is 1. The molecular formula is C20H22N2O3S. The first-order valence-electron chi connectivity index (χ1n) is 9.09. The summed E-state index contributed by atoms with van der Waals surface area (Å²) in [5, 5.41) is 3.96. The Morgan fingerprint density at radius 1 is 1.31 bits per heavy atom. The van der Waals surface area contributed by atoms with Gasteiger partial charge in [-0.3, -0.25) is 14.5 Å². The lowest BCUT2D eigenvalue weighted by molar-refractivity contribution is -0.133. The molecule has 1 saturated carbocycles. The van der Waals surface area contributed by atoms with E-state index in [9.17, 15) is 14.4 Å². The number of thiophene rings is 1. The fraction of sp³-hybridized carbons (Fsp3) is 0.450. The van der Waals surface area contributed by atoms with Crippen molar-refractivity contribution < 1.29 is 14.4 Å². The van der Waals surface area contributed by atoms with Crippen LogP contribution in [0.25, 0.3) is 10.1 Å². The van der Waals surface area contributed by atoms with Crippen LogP contribution < -0.4 is 5.32 Å². The molecule has 2 heterocycles. The van der Waals surface area contributed by atoms with E-state index in [1.165, 1.54) is 11.3 Å². The smallest absolute Gasteiger partial charge is 0.323 e. The molecule has 2 fully saturated rings. The zero-order valence-corrected chi connectivity index (χ0v) is 15.8. The summed E-state index contributed by atoms with van der Waals surface area (Å²) in [6.07, 6.45) is 3.58. The molecule has 5 nitrogen and oxygen atoms in total. The third-order valence-corrected chi connectivity index (χ3v) is 7.21. The highest BCUT2D eigenvalue weighted by atomic mass is 32.1. The Labute approximate surface area is 156 Å². The van der Waals surface area contributed by atoms with Crippen molar-refractivity contribution in [3.8, 4) is 0 Å². The van der Waals surface area contributed by atoms with Crippen molar-refractivity contribution in [1.82, 2.24) is 10.2 Å². The monoisotopic (exact) mass is 370 g/mol. The highest BCUT2D eigenvalue weighted by Crippen LogP contribution is 2.38. The van der Waals surface area contributed by atoms with E-state index in [1.54, 1.807) is 0 Å². The average molecular weight is 370 g/mol. The van der Waals surface area contributed by atoms with E-state index in [2.05, 4.69) is 5.32 Å². The second kappa shape index (κ2) is 6.20. The van der Waals surface area contributed by atoms with Crippen molar-refractivity contribution in [3.63, 3.8) is 0 Å². The summed E-state index contributed by atoms with van der Waals surface area (Å²) in [7, 11) is 0. The number of imide groups is 1. The van der Waals surface area contributed by atoms with Crippen LogP contribution in [0.1, 0.15) is 47.8 Å². The number of hydrogen-bond donors (Lipinski definition) is 1. The molecule has 1 aromatic carbocycles. The third kappa shape index (κ3) is 2.47. The van der Waals surface area contributed by atoms with E-state index in [0.29, 0.717) is 11.3 Å². The van der Waals surface area contributed by atoms with Crippen LogP contribution in [0.5, 0.6) is 0 Å². The predicted molar refractivity (Wildman–Crippen MR) is 102 cm³/mol. The summed E-state index contributed by atoms with van der Waals surface area (Å²) >= 11 is 1.43. The number of rotatable bonds is 3. The summed E-state index contributed by atoms with van der Waals surface area (Å²) in [4.78, 5) is 40.1. The van der Waals surface area contributed by atoms with Crippen LogP contribution in [0, 0.1) is 12.8 Å². The van der Waals surface area contributed by atoms with Gasteiger partial charge in [-0.05, 0) is 42.7 Å².